The highest BCUT2D eigenvalue weighted by Gasteiger charge is 2.42. The molecule has 8 heteroatoms. The highest BCUT2D eigenvalue weighted by Crippen LogP contribution is 2.40. The van der Waals surface area contributed by atoms with Crippen molar-refractivity contribution in [3.8, 4) is 11.5 Å². The van der Waals surface area contributed by atoms with Crippen molar-refractivity contribution in [1.82, 2.24) is 9.80 Å². The third-order valence-corrected chi connectivity index (χ3v) is 8.23. The standard InChI is InChI=1S/C28H32N2O5S/c31-23(22-3-5-24-25(18-22)35-16-1-15-34-24)4-7-27(33)30-14-11-28(20-30)9-12-29(13-10-28)26(32)6-2-21-8-17-36-19-21/h2-3,5-6,8,17-19H,1,4,7,9-16,20H2. The first-order valence-corrected chi connectivity index (χ1v) is 13.7. The summed E-state index contributed by atoms with van der Waals surface area (Å²) in [6.07, 6.45) is 7.50. The van der Waals surface area contributed by atoms with Crippen molar-refractivity contribution < 1.29 is 23.9 Å². The number of thiophene rings is 1. The minimum atomic E-state index is -0.0600. The first kappa shape index (κ1) is 24.6. The summed E-state index contributed by atoms with van der Waals surface area (Å²) in [5.74, 6) is 1.28. The van der Waals surface area contributed by atoms with Crippen molar-refractivity contribution in [2.75, 3.05) is 39.4 Å². The van der Waals surface area contributed by atoms with E-state index in [-0.39, 0.29) is 35.9 Å². The average Bonchev–Trinajstić information content (AvgIpc) is 3.51. The number of Topliss-reactive ketones (excluding diaryl/α,β-unsaturated/α-hetero) is 1. The molecule has 7 nitrogen and oxygen atoms in total. The Kier molecular flexibility index (Phi) is 7.41. The quantitative estimate of drug-likeness (QED) is 0.426. The van der Waals surface area contributed by atoms with E-state index in [4.69, 9.17) is 9.47 Å². The van der Waals surface area contributed by atoms with Crippen LogP contribution >= 0.6 is 11.3 Å². The summed E-state index contributed by atoms with van der Waals surface area (Å²) >= 11 is 1.61. The van der Waals surface area contributed by atoms with Gasteiger partial charge in [0.1, 0.15) is 0 Å². The maximum absolute atomic E-state index is 12.9. The number of carbonyl (C=O) groups excluding carboxylic acids is 3. The number of likely N-dealkylation sites (tertiary alicyclic amines) is 2. The topological polar surface area (TPSA) is 76.2 Å². The second-order valence-corrected chi connectivity index (χ2v) is 10.7. The molecular formula is C28H32N2O5S. The predicted molar refractivity (Wildman–Crippen MR) is 138 cm³/mol. The number of amides is 2. The Morgan fingerprint density at radius 3 is 2.44 bits per heavy atom. The molecule has 2 aromatic rings. The summed E-state index contributed by atoms with van der Waals surface area (Å²) in [5, 5.41) is 4.02. The van der Waals surface area contributed by atoms with Crippen molar-refractivity contribution in [1.29, 1.82) is 0 Å². The molecule has 0 bridgehead atoms. The number of fused-ring (bicyclic) bond motifs is 1. The van der Waals surface area contributed by atoms with Crippen molar-refractivity contribution in [2.45, 2.75) is 38.5 Å². The normalized spacial score (nSPS) is 19.0. The van der Waals surface area contributed by atoms with Gasteiger partial charge < -0.3 is 19.3 Å². The summed E-state index contributed by atoms with van der Waals surface area (Å²) in [4.78, 5) is 42.0. The van der Waals surface area contributed by atoms with Gasteiger partial charge in [0.2, 0.25) is 11.8 Å². The molecule has 5 rings (SSSR count). The molecule has 1 aromatic heterocycles. The first-order chi connectivity index (χ1) is 17.5. The molecule has 1 aromatic carbocycles. The minimum Gasteiger partial charge on any atom is -0.490 e. The number of carbonyl (C=O) groups is 3. The Bertz CT molecular complexity index is 1130. The number of hydrogen-bond acceptors (Lipinski definition) is 6. The number of rotatable bonds is 6. The van der Waals surface area contributed by atoms with Gasteiger partial charge in [-0.05, 0) is 71.3 Å². The first-order valence-electron chi connectivity index (χ1n) is 12.7. The molecule has 0 radical (unpaired) electrons. The number of nitrogens with zero attached hydrogens (tertiary/aromatic N) is 2. The minimum absolute atomic E-state index is 0.0340. The van der Waals surface area contributed by atoms with Gasteiger partial charge in [0, 0.05) is 57.1 Å². The molecule has 0 atom stereocenters. The van der Waals surface area contributed by atoms with Crippen LogP contribution in [0.15, 0.2) is 41.1 Å². The Labute approximate surface area is 215 Å². The Morgan fingerprint density at radius 1 is 0.944 bits per heavy atom. The molecular weight excluding hydrogens is 476 g/mol. The fourth-order valence-electron chi connectivity index (χ4n) is 5.26. The zero-order valence-corrected chi connectivity index (χ0v) is 21.3. The van der Waals surface area contributed by atoms with Gasteiger partial charge in [-0.1, -0.05) is 0 Å². The number of piperidine rings is 1. The molecule has 190 valence electrons. The maximum Gasteiger partial charge on any atom is 0.246 e. The monoisotopic (exact) mass is 508 g/mol. The number of ketones is 1. The molecule has 4 heterocycles. The molecule has 0 unspecified atom stereocenters. The van der Waals surface area contributed by atoms with Crippen LogP contribution in [0.1, 0.15) is 54.4 Å². The van der Waals surface area contributed by atoms with Crippen LogP contribution in [0.3, 0.4) is 0 Å². The summed E-state index contributed by atoms with van der Waals surface area (Å²) in [6.45, 7) is 4.05. The average molecular weight is 509 g/mol. The zero-order valence-electron chi connectivity index (χ0n) is 20.4. The SMILES string of the molecule is O=C(CCC(=O)N1CCC2(CCN(C(=O)C=Cc3ccsc3)CC2)C1)c1ccc2c(c1)OCCCO2. The number of benzene rings is 1. The van der Waals surface area contributed by atoms with E-state index in [9.17, 15) is 14.4 Å². The van der Waals surface area contributed by atoms with Crippen LogP contribution in [0.5, 0.6) is 11.5 Å². The van der Waals surface area contributed by atoms with E-state index in [2.05, 4.69) is 0 Å². The van der Waals surface area contributed by atoms with Crippen molar-refractivity contribution >= 4 is 35.0 Å². The molecule has 3 aliphatic rings. The lowest BCUT2D eigenvalue weighted by atomic mass is 9.78. The highest BCUT2D eigenvalue weighted by molar-refractivity contribution is 7.08. The fourth-order valence-corrected chi connectivity index (χ4v) is 5.89. The molecule has 0 N–H and O–H groups in total. The van der Waals surface area contributed by atoms with Crippen molar-refractivity contribution in [3.63, 3.8) is 0 Å². The van der Waals surface area contributed by atoms with Gasteiger partial charge in [0.05, 0.1) is 13.2 Å². The van der Waals surface area contributed by atoms with E-state index in [1.54, 1.807) is 35.6 Å². The van der Waals surface area contributed by atoms with Gasteiger partial charge in [-0.15, -0.1) is 0 Å². The van der Waals surface area contributed by atoms with E-state index in [0.717, 1.165) is 57.4 Å². The molecule has 2 amide bonds. The lowest BCUT2D eigenvalue weighted by molar-refractivity contribution is -0.132. The molecule has 0 aliphatic carbocycles. The molecule has 2 fully saturated rings. The van der Waals surface area contributed by atoms with Crippen LogP contribution in [0.4, 0.5) is 0 Å². The van der Waals surface area contributed by atoms with Gasteiger partial charge in [-0.3, -0.25) is 14.4 Å². The molecule has 1 spiro atoms. The summed E-state index contributed by atoms with van der Waals surface area (Å²) in [7, 11) is 0. The van der Waals surface area contributed by atoms with E-state index >= 15 is 0 Å². The smallest absolute Gasteiger partial charge is 0.246 e. The summed E-state index contributed by atoms with van der Waals surface area (Å²) in [6, 6.07) is 7.24. The lowest BCUT2D eigenvalue weighted by Gasteiger charge is -2.39. The van der Waals surface area contributed by atoms with Crippen LogP contribution in [-0.4, -0.2) is 66.8 Å². The van der Waals surface area contributed by atoms with Gasteiger partial charge in [0.25, 0.3) is 0 Å². The number of hydrogen-bond donors (Lipinski definition) is 0. The van der Waals surface area contributed by atoms with Crippen LogP contribution in [-0.2, 0) is 9.59 Å². The fraction of sp³-hybridized carbons (Fsp3) is 0.464. The van der Waals surface area contributed by atoms with Crippen LogP contribution in [0.2, 0.25) is 0 Å². The van der Waals surface area contributed by atoms with Gasteiger partial charge in [0.15, 0.2) is 17.3 Å². The highest BCUT2D eigenvalue weighted by atomic mass is 32.1. The maximum atomic E-state index is 12.9. The second-order valence-electron chi connectivity index (χ2n) is 9.92. The van der Waals surface area contributed by atoms with Crippen LogP contribution in [0.25, 0.3) is 6.08 Å². The van der Waals surface area contributed by atoms with Gasteiger partial charge in [-0.2, -0.15) is 11.3 Å². The predicted octanol–water partition coefficient (Wildman–Crippen LogP) is 4.43. The third kappa shape index (κ3) is 5.64. The Balaban J connectivity index is 1.09. The van der Waals surface area contributed by atoms with Crippen molar-refractivity contribution in [2.24, 2.45) is 5.41 Å². The second kappa shape index (κ2) is 10.9. The van der Waals surface area contributed by atoms with E-state index in [0.29, 0.717) is 30.3 Å². The van der Waals surface area contributed by atoms with Crippen LogP contribution in [0, 0.1) is 5.41 Å². The van der Waals surface area contributed by atoms with E-state index in [1.165, 1.54) is 0 Å². The molecule has 2 saturated heterocycles. The molecule has 0 saturated carbocycles. The van der Waals surface area contributed by atoms with Gasteiger partial charge >= 0.3 is 0 Å². The number of ether oxygens (including phenoxy) is 2. The van der Waals surface area contributed by atoms with Crippen molar-refractivity contribution in [3.05, 3.63) is 52.2 Å². The third-order valence-electron chi connectivity index (χ3n) is 7.52. The lowest BCUT2D eigenvalue weighted by Crippen LogP contribution is -2.44. The van der Waals surface area contributed by atoms with Crippen LogP contribution < -0.4 is 9.47 Å². The Hall–Kier alpha value is -3.13. The molecule has 36 heavy (non-hydrogen) atoms. The largest absolute Gasteiger partial charge is 0.490 e. The summed E-state index contributed by atoms with van der Waals surface area (Å²) in [5.41, 5.74) is 1.69. The molecule has 3 aliphatic heterocycles. The van der Waals surface area contributed by atoms with Gasteiger partial charge in [-0.25, -0.2) is 0 Å². The summed E-state index contributed by atoms with van der Waals surface area (Å²) < 4.78 is 11.3. The zero-order chi connectivity index (χ0) is 25.0. The van der Waals surface area contributed by atoms with E-state index in [1.807, 2.05) is 32.7 Å². The van der Waals surface area contributed by atoms with E-state index < -0.39 is 0 Å². The Morgan fingerprint density at radius 2 is 1.69 bits per heavy atom.